The molecule has 32 heavy (non-hydrogen) atoms. The minimum Gasteiger partial charge on any atom is -0.294 e. The van der Waals surface area contributed by atoms with E-state index in [-0.39, 0.29) is 5.78 Å². The van der Waals surface area contributed by atoms with E-state index >= 15 is 0 Å². The summed E-state index contributed by atoms with van der Waals surface area (Å²) in [6.45, 7) is 0.858. The Bertz CT molecular complexity index is 1120. The van der Waals surface area contributed by atoms with Crippen LogP contribution in [0.2, 0.25) is 0 Å². The minimum absolute atomic E-state index is 0.231. The summed E-state index contributed by atoms with van der Waals surface area (Å²) in [6.07, 6.45) is 11.4. The van der Waals surface area contributed by atoms with Crippen LogP contribution in [0.15, 0.2) is 85.3 Å². The van der Waals surface area contributed by atoms with Gasteiger partial charge in [0.1, 0.15) is 5.69 Å². The highest BCUT2D eigenvalue weighted by Gasteiger charge is 2.11. The van der Waals surface area contributed by atoms with Gasteiger partial charge in [0, 0.05) is 36.5 Å². The lowest BCUT2D eigenvalue weighted by Gasteiger charge is -2.09. The summed E-state index contributed by atoms with van der Waals surface area (Å²) in [5.41, 5.74) is 4.78. The number of hydrogen-bond donors (Lipinski definition) is 0. The standard InChI is InChI=1S/C27H28N4O/c32-27(25-16-9-8-15-24(25)22-12-5-4-6-13-22)17-7-2-1-3-10-19-31-21-26(29-30-31)23-14-11-18-28-20-23/h4-6,8-9,11-16,18,20-21H,1-3,7,10,17,19H2. The lowest BCUT2D eigenvalue weighted by molar-refractivity contribution is 0.0979. The molecule has 5 heteroatoms. The molecule has 2 aromatic carbocycles. The van der Waals surface area contributed by atoms with E-state index in [4.69, 9.17) is 0 Å². The van der Waals surface area contributed by atoms with E-state index in [0.29, 0.717) is 6.42 Å². The number of benzene rings is 2. The van der Waals surface area contributed by atoms with Crippen LogP contribution in [0.25, 0.3) is 22.4 Å². The van der Waals surface area contributed by atoms with Gasteiger partial charge in [-0.15, -0.1) is 5.10 Å². The van der Waals surface area contributed by atoms with Crippen LogP contribution in [-0.4, -0.2) is 25.8 Å². The highest BCUT2D eigenvalue weighted by molar-refractivity contribution is 6.02. The quantitative estimate of drug-likeness (QED) is 0.211. The molecule has 4 aromatic rings. The molecule has 0 aliphatic heterocycles. The zero-order valence-corrected chi connectivity index (χ0v) is 18.2. The lowest BCUT2D eigenvalue weighted by atomic mass is 9.95. The molecule has 0 spiro atoms. The van der Waals surface area contributed by atoms with Gasteiger partial charge in [-0.25, -0.2) is 0 Å². The zero-order valence-electron chi connectivity index (χ0n) is 18.2. The number of aromatic nitrogens is 4. The number of ketones is 1. The van der Waals surface area contributed by atoms with Crippen molar-refractivity contribution < 1.29 is 4.79 Å². The Morgan fingerprint density at radius 2 is 1.53 bits per heavy atom. The topological polar surface area (TPSA) is 60.7 Å². The van der Waals surface area contributed by atoms with Crippen LogP contribution in [0.3, 0.4) is 0 Å². The first-order valence-electron chi connectivity index (χ1n) is 11.3. The van der Waals surface area contributed by atoms with E-state index in [1.165, 1.54) is 0 Å². The largest absolute Gasteiger partial charge is 0.294 e. The van der Waals surface area contributed by atoms with Crippen LogP contribution in [0.1, 0.15) is 48.9 Å². The van der Waals surface area contributed by atoms with Gasteiger partial charge in [0.2, 0.25) is 0 Å². The Labute approximate surface area is 189 Å². The van der Waals surface area contributed by atoms with Crippen LogP contribution in [-0.2, 0) is 6.54 Å². The van der Waals surface area contributed by atoms with E-state index in [1.807, 2.05) is 65.5 Å². The van der Waals surface area contributed by atoms with Gasteiger partial charge in [-0.3, -0.25) is 14.5 Å². The Kier molecular flexibility index (Phi) is 7.53. The number of carbonyl (C=O) groups excluding carboxylic acids is 1. The molecule has 0 bridgehead atoms. The van der Waals surface area contributed by atoms with Gasteiger partial charge in [0.15, 0.2) is 5.78 Å². The lowest BCUT2D eigenvalue weighted by Crippen LogP contribution is -2.02. The molecule has 0 amide bonds. The second-order valence-corrected chi connectivity index (χ2v) is 7.96. The van der Waals surface area contributed by atoms with Gasteiger partial charge in [-0.05, 0) is 36.1 Å². The van der Waals surface area contributed by atoms with Crippen molar-refractivity contribution in [1.29, 1.82) is 0 Å². The Balaban J connectivity index is 1.17. The van der Waals surface area contributed by atoms with Gasteiger partial charge in [0.05, 0.1) is 6.20 Å². The van der Waals surface area contributed by atoms with Gasteiger partial charge in [-0.2, -0.15) is 0 Å². The zero-order chi connectivity index (χ0) is 22.0. The van der Waals surface area contributed by atoms with E-state index < -0.39 is 0 Å². The van der Waals surface area contributed by atoms with Crippen molar-refractivity contribution in [2.45, 2.75) is 45.1 Å². The van der Waals surface area contributed by atoms with Crippen molar-refractivity contribution in [2.24, 2.45) is 0 Å². The van der Waals surface area contributed by atoms with E-state index in [9.17, 15) is 4.79 Å². The molecule has 0 saturated carbocycles. The number of hydrogen-bond acceptors (Lipinski definition) is 4. The monoisotopic (exact) mass is 424 g/mol. The second kappa shape index (κ2) is 11.1. The number of aryl methyl sites for hydroxylation is 1. The highest BCUT2D eigenvalue weighted by Crippen LogP contribution is 2.25. The number of nitrogens with zero attached hydrogens (tertiary/aromatic N) is 4. The fourth-order valence-corrected chi connectivity index (χ4v) is 3.87. The van der Waals surface area contributed by atoms with Crippen molar-refractivity contribution in [3.8, 4) is 22.4 Å². The molecule has 2 aromatic heterocycles. The average molecular weight is 425 g/mol. The van der Waals surface area contributed by atoms with Crippen molar-refractivity contribution >= 4 is 5.78 Å². The van der Waals surface area contributed by atoms with E-state index in [1.54, 1.807) is 12.4 Å². The number of unbranched alkanes of at least 4 members (excludes halogenated alkanes) is 4. The average Bonchev–Trinajstić information content (AvgIpc) is 3.33. The van der Waals surface area contributed by atoms with Crippen LogP contribution in [0, 0.1) is 0 Å². The van der Waals surface area contributed by atoms with Crippen molar-refractivity contribution in [1.82, 2.24) is 20.0 Å². The first-order valence-corrected chi connectivity index (χ1v) is 11.3. The number of rotatable bonds is 11. The van der Waals surface area contributed by atoms with Crippen LogP contribution >= 0.6 is 0 Å². The number of carbonyl (C=O) groups is 1. The molecule has 0 unspecified atom stereocenters. The van der Waals surface area contributed by atoms with Gasteiger partial charge in [-0.1, -0.05) is 79.1 Å². The summed E-state index contributed by atoms with van der Waals surface area (Å²) in [7, 11) is 0. The molecule has 5 nitrogen and oxygen atoms in total. The first-order chi connectivity index (χ1) is 15.8. The van der Waals surface area contributed by atoms with Crippen LogP contribution in [0.4, 0.5) is 0 Å². The Morgan fingerprint density at radius 3 is 2.38 bits per heavy atom. The van der Waals surface area contributed by atoms with Crippen LogP contribution in [0.5, 0.6) is 0 Å². The predicted octanol–water partition coefficient (Wildman–Crippen LogP) is 6.23. The second-order valence-electron chi connectivity index (χ2n) is 7.96. The molecule has 0 atom stereocenters. The maximum Gasteiger partial charge on any atom is 0.163 e. The third-order valence-corrected chi connectivity index (χ3v) is 5.60. The molecule has 0 N–H and O–H groups in total. The van der Waals surface area contributed by atoms with Crippen molar-refractivity contribution in [3.05, 3.63) is 90.9 Å². The molecule has 0 fully saturated rings. The van der Waals surface area contributed by atoms with E-state index in [2.05, 4.69) is 27.4 Å². The first kappa shape index (κ1) is 21.6. The molecular formula is C27H28N4O. The summed E-state index contributed by atoms with van der Waals surface area (Å²) in [4.78, 5) is 16.9. The molecule has 0 saturated heterocycles. The number of pyridine rings is 1. The summed E-state index contributed by atoms with van der Waals surface area (Å²) in [5, 5.41) is 8.44. The minimum atomic E-state index is 0.231. The molecular weight excluding hydrogens is 396 g/mol. The Hall–Kier alpha value is -3.60. The molecule has 0 aliphatic carbocycles. The molecule has 0 radical (unpaired) electrons. The third-order valence-electron chi connectivity index (χ3n) is 5.60. The SMILES string of the molecule is O=C(CCCCCCCn1cc(-c2cccnc2)nn1)c1ccccc1-c1ccccc1. The maximum absolute atomic E-state index is 12.8. The molecule has 0 aliphatic rings. The third kappa shape index (κ3) is 5.76. The molecule has 2 heterocycles. The Morgan fingerprint density at radius 1 is 0.781 bits per heavy atom. The molecule has 4 rings (SSSR count). The maximum atomic E-state index is 12.8. The van der Waals surface area contributed by atoms with Crippen LogP contribution < -0.4 is 0 Å². The summed E-state index contributed by atoms with van der Waals surface area (Å²) >= 11 is 0. The van der Waals surface area contributed by atoms with Gasteiger partial charge in [0.25, 0.3) is 0 Å². The molecule has 162 valence electrons. The smallest absolute Gasteiger partial charge is 0.163 e. The number of Topliss-reactive ketones (excluding diaryl/α,β-unsaturated/α-hetero) is 1. The predicted molar refractivity (Wildman–Crippen MR) is 127 cm³/mol. The van der Waals surface area contributed by atoms with Crippen molar-refractivity contribution in [2.75, 3.05) is 0 Å². The fourth-order valence-electron chi connectivity index (χ4n) is 3.87. The highest BCUT2D eigenvalue weighted by atomic mass is 16.1. The summed E-state index contributed by atoms with van der Waals surface area (Å²) in [5.74, 6) is 0.231. The fraction of sp³-hybridized carbons (Fsp3) is 0.259. The summed E-state index contributed by atoms with van der Waals surface area (Å²) in [6, 6.07) is 21.9. The van der Waals surface area contributed by atoms with Gasteiger partial charge >= 0.3 is 0 Å². The van der Waals surface area contributed by atoms with Crippen molar-refractivity contribution in [3.63, 3.8) is 0 Å². The normalized spacial score (nSPS) is 10.9. The summed E-state index contributed by atoms with van der Waals surface area (Å²) < 4.78 is 1.90. The van der Waals surface area contributed by atoms with Gasteiger partial charge < -0.3 is 0 Å². The van der Waals surface area contributed by atoms with E-state index in [0.717, 1.165) is 66.6 Å².